The molecule has 1 amide bonds. The number of phenolic OH excluding ortho intramolecular Hbond substituents is 2. The zero-order valence-corrected chi connectivity index (χ0v) is 14.2. The normalized spacial score (nSPS) is 12.2. The first kappa shape index (κ1) is 17.3. The molecule has 0 saturated carbocycles. The van der Waals surface area contributed by atoms with Crippen molar-refractivity contribution in [3.63, 3.8) is 0 Å². The van der Waals surface area contributed by atoms with Gasteiger partial charge in [0.15, 0.2) is 0 Å². The molecule has 3 aromatic rings. The number of amides is 1. The first-order valence-electron chi connectivity index (χ1n) is 8.14. The van der Waals surface area contributed by atoms with Crippen molar-refractivity contribution in [1.82, 2.24) is 5.43 Å². The Morgan fingerprint density at radius 1 is 1.08 bits per heavy atom. The Morgan fingerprint density at radius 2 is 1.85 bits per heavy atom. The van der Waals surface area contributed by atoms with Crippen molar-refractivity contribution in [2.75, 3.05) is 5.32 Å². The highest BCUT2D eigenvalue weighted by molar-refractivity contribution is 5.96. The zero-order valence-electron chi connectivity index (χ0n) is 14.2. The molecule has 0 bridgehead atoms. The van der Waals surface area contributed by atoms with Gasteiger partial charge in [-0.15, -0.1) is 0 Å². The Hall–Kier alpha value is -3.54. The molecule has 26 heavy (non-hydrogen) atoms. The van der Waals surface area contributed by atoms with Crippen LogP contribution in [0.2, 0.25) is 0 Å². The molecule has 0 radical (unpaired) electrons. The van der Waals surface area contributed by atoms with E-state index in [1.165, 1.54) is 24.4 Å². The summed E-state index contributed by atoms with van der Waals surface area (Å²) in [4.78, 5) is 12.2. The van der Waals surface area contributed by atoms with Crippen molar-refractivity contribution in [1.29, 1.82) is 0 Å². The zero-order chi connectivity index (χ0) is 18.5. The van der Waals surface area contributed by atoms with Crippen molar-refractivity contribution in [2.24, 2.45) is 5.10 Å². The molecule has 0 spiro atoms. The first-order valence-corrected chi connectivity index (χ1v) is 8.14. The minimum Gasteiger partial charge on any atom is -0.508 e. The maximum Gasteiger partial charge on any atom is 0.262 e. The number of anilines is 1. The van der Waals surface area contributed by atoms with Crippen LogP contribution in [0.5, 0.6) is 11.5 Å². The van der Waals surface area contributed by atoms with Crippen molar-refractivity contribution < 1.29 is 15.0 Å². The summed E-state index contributed by atoms with van der Waals surface area (Å²) in [6.07, 6.45) is 1.32. The molecule has 0 saturated heterocycles. The van der Waals surface area contributed by atoms with Gasteiger partial charge in [-0.25, -0.2) is 5.43 Å². The molecule has 0 unspecified atom stereocenters. The van der Waals surface area contributed by atoms with E-state index < -0.39 is 6.04 Å². The van der Waals surface area contributed by atoms with Gasteiger partial charge in [-0.3, -0.25) is 4.79 Å². The summed E-state index contributed by atoms with van der Waals surface area (Å²) in [6.45, 7) is 1.74. The standard InChI is InChI=1S/C20H19N3O3/c1-13(22-18-8-4-6-14-5-2-3-7-17(14)18)20(26)23-21-12-15-9-10-16(24)11-19(15)25/h2-13,22,24-25H,1H3,(H,23,26)/b21-12-/t13-/m0/s1. The summed E-state index contributed by atoms with van der Waals surface area (Å²) in [5, 5.41) is 28.1. The van der Waals surface area contributed by atoms with Gasteiger partial charge in [-0.05, 0) is 30.5 Å². The minimum atomic E-state index is -0.508. The SMILES string of the molecule is C[C@H](Nc1cccc2ccccc12)C(=O)N/N=C\c1ccc(O)cc1O. The van der Waals surface area contributed by atoms with Crippen LogP contribution in [-0.4, -0.2) is 28.4 Å². The topological polar surface area (TPSA) is 94.0 Å². The fourth-order valence-electron chi connectivity index (χ4n) is 2.55. The molecule has 0 heterocycles. The number of carbonyl (C=O) groups excluding carboxylic acids is 1. The predicted molar refractivity (Wildman–Crippen MR) is 103 cm³/mol. The number of hydrogen-bond donors (Lipinski definition) is 4. The molecule has 3 aromatic carbocycles. The molecule has 6 heteroatoms. The van der Waals surface area contributed by atoms with Crippen LogP contribution >= 0.6 is 0 Å². The van der Waals surface area contributed by atoms with Gasteiger partial charge in [0, 0.05) is 22.7 Å². The van der Waals surface area contributed by atoms with Gasteiger partial charge in [0.25, 0.3) is 5.91 Å². The Labute approximate surface area is 150 Å². The van der Waals surface area contributed by atoms with E-state index in [2.05, 4.69) is 15.8 Å². The third kappa shape index (κ3) is 3.92. The number of aromatic hydroxyl groups is 2. The summed E-state index contributed by atoms with van der Waals surface area (Å²) < 4.78 is 0. The van der Waals surface area contributed by atoms with E-state index in [1.807, 2.05) is 42.5 Å². The molecule has 1 atom stereocenters. The molecule has 4 N–H and O–H groups in total. The van der Waals surface area contributed by atoms with E-state index in [0.717, 1.165) is 16.5 Å². The van der Waals surface area contributed by atoms with Gasteiger partial charge in [0.1, 0.15) is 17.5 Å². The molecule has 132 valence electrons. The number of hydrogen-bond acceptors (Lipinski definition) is 5. The average molecular weight is 349 g/mol. The van der Waals surface area contributed by atoms with E-state index in [0.29, 0.717) is 5.56 Å². The second-order valence-corrected chi connectivity index (χ2v) is 5.87. The van der Waals surface area contributed by atoms with Crippen LogP contribution in [0.4, 0.5) is 5.69 Å². The lowest BCUT2D eigenvalue weighted by Gasteiger charge is -2.15. The van der Waals surface area contributed by atoms with Crippen molar-refractivity contribution in [2.45, 2.75) is 13.0 Å². The maximum atomic E-state index is 12.2. The lowest BCUT2D eigenvalue weighted by atomic mass is 10.1. The Balaban J connectivity index is 1.65. The van der Waals surface area contributed by atoms with E-state index >= 15 is 0 Å². The maximum absolute atomic E-state index is 12.2. The largest absolute Gasteiger partial charge is 0.508 e. The average Bonchev–Trinajstić information content (AvgIpc) is 2.63. The second-order valence-electron chi connectivity index (χ2n) is 5.87. The van der Waals surface area contributed by atoms with Gasteiger partial charge in [-0.1, -0.05) is 36.4 Å². The van der Waals surface area contributed by atoms with Crippen LogP contribution in [0.25, 0.3) is 10.8 Å². The Bertz CT molecular complexity index is 964. The first-order chi connectivity index (χ1) is 12.5. The Kier molecular flexibility index (Phi) is 5.03. The molecule has 0 aliphatic rings. The summed E-state index contributed by atoms with van der Waals surface area (Å²) in [6, 6.07) is 17.4. The van der Waals surface area contributed by atoms with Crippen LogP contribution < -0.4 is 10.7 Å². The summed E-state index contributed by atoms with van der Waals surface area (Å²) in [5.41, 5.74) is 3.69. The molecule has 0 aromatic heterocycles. The number of nitrogens with one attached hydrogen (secondary N) is 2. The third-order valence-corrected chi connectivity index (χ3v) is 3.95. The van der Waals surface area contributed by atoms with Gasteiger partial charge in [0.05, 0.1) is 6.21 Å². The van der Waals surface area contributed by atoms with Crippen LogP contribution in [0.1, 0.15) is 12.5 Å². The smallest absolute Gasteiger partial charge is 0.262 e. The van der Waals surface area contributed by atoms with E-state index in [4.69, 9.17) is 0 Å². The fraction of sp³-hybridized carbons (Fsp3) is 0.100. The highest BCUT2D eigenvalue weighted by Gasteiger charge is 2.13. The van der Waals surface area contributed by atoms with Gasteiger partial charge in [-0.2, -0.15) is 5.10 Å². The number of benzene rings is 3. The third-order valence-electron chi connectivity index (χ3n) is 3.95. The van der Waals surface area contributed by atoms with Gasteiger partial charge >= 0.3 is 0 Å². The van der Waals surface area contributed by atoms with Crippen LogP contribution in [-0.2, 0) is 4.79 Å². The summed E-state index contributed by atoms with van der Waals surface area (Å²) in [7, 11) is 0. The fourth-order valence-corrected chi connectivity index (χ4v) is 2.55. The number of rotatable bonds is 5. The van der Waals surface area contributed by atoms with Crippen LogP contribution in [0.3, 0.4) is 0 Å². The van der Waals surface area contributed by atoms with Crippen molar-refractivity contribution in [3.8, 4) is 11.5 Å². The van der Waals surface area contributed by atoms with Crippen LogP contribution in [0.15, 0.2) is 65.8 Å². The van der Waals surface area contributed by atoms with E-state index in [1.54, 1.807) is 6.92 Å². The lowest BCUT2D eigenvalue weighted by Crippen LogP contribution is -2.34. The summed E-state index contributed by atoms with van der Waals surface area (Å²) >= 11 is 0. The molecule has 0 aliphatic carbocycles. The summed E-state index contributed by atoms with van der Waals surface area (Å²) in [5.74, 6) is -0.478. The quantitative estimate of drug-likeness (QED) is 0.420. The number of hydrazone groups is 1. The van der Waals surface area contributed by atoms with E-state index in [-0.39, 0.29) is 17.4 Å². The van der Waals surface area contributed by atoms with Crippen molar-refractivity contribution in [3.05, 3.63) is 66.2 Å². The highest BCUT2D eigenvalue weighted by atomic mass is 16.3. The monoisotopic (exact) mass is 349 g/mol. The number of phenols is 2. The predicted octanol–water partition coefficient (Wildman–Crippen LogP) is 3.20. The lowest BCUT2D eigenvalue weighted by molar-refractivity contribution is -0.121. The molecule has 6 nitrogen and oxygen atoms in total. The molecule has 0 fully saturated rings. The minimum absolute atomic E-state index is 0.0448. The number of fused-ring (bicyclic) bond motifs is 1. The number of nitrogens with zero attached hydrogens (tertiary/aromatic N) is 1. The second kappa shape index (κ2) is 7.57. The van der Waals surface area contributed by atoms with Crippen LogP contribution in [0, 0.1) is 0 Å². The Morgan fingerprint density at radius 3 is 2.65 bits per heavy atom. The highest BCUT2D eigenvalue weighted by Crippen LogP contribution is 2.23. The van der Waals surface area contributed by atoms with Gasteiger partial charge in [0.2, 0.25) is 0 Å². The molecule has 0 aliphatic heterocycles. The van der Waals surface area contributed by atoms with Crippen molar-refractivity contribution >= 4 is 28.6 Å². The molecule has 3 rings (SSSR count). The molecular weight excluding hydrogens is 330 g/mol. The van der Waals surface area contributed by atoms with E-state index in [9.17, 15) is 15.0 Å². The van der Waals surface area contributed by atoms with Gasteiger partial charge < -0.3 is 15.5 Å². The number of carbonyl (C=O) groups is 1. The molecular formula is C20H19N3O3.